The van der Waals surface area contributed by atoms with E-state index >= 15 is 0 Å². The summed E-state index contributed by atoms with van der Waals surface area (Å²) in [4.78, 5) is 11.2. The molecule has 170 valence electrons. The number of fused-ring (bicyclic) bond motifs is 1. The molecule has 5 rings (SSSR count). The van der Waals surface area contributed by atoms with Crippen LogP contribution in [0.25, 0.3) is 22.3 Å². The Labute approximate surface area is 196 Å². The van der Waals surface area contributed by atoms with Crippen molar-refractivity contribution >= 4 is 16.6 Å². The number of hydrogen-bond donors (Lipinski definition) is 1. The van der Waals surface area contributed by atoms with Gasteiger partial charge in [0.15, 0.2) is 0 Å². The Morgan fingerprint density at radius 3 is 2.68 bits per heavy atom. The summed E-state index contributed by atoms with van der Waals surface area (Å²) in [6.45, 7) is 4.54. The molecular weight excluding hydrogens is 431 g/mol. The lowest BCUT2D eigenvalue weighted by Crippen LogP contribution is -2.36. The van der Waals surface area contributed by atoms with Crippen LogP contribution in [0.5, 0.6) is 0 Å². The summed E-state index contributed by atoms with van der Waals surface area (Å²) in [5.74, 6) is -0.405. The smallest absolute Gasteiger partial charge is 0.125 e. The third-order valence-electron chi connectivity index (χ3n) is 6.18. The fourth-order valence-corrected chi connectivity index (χ4v) is 4.49. The standard InChI is InChI=1S/C27H23FN4O2/c1-17-25(22-6-5-20(28)15-24(22)31-26(17)23-4-2-3-7-30-23)27(33)19-12-18(16-29)13-21(14-19)32-8-10-34-11-9-32/h2-7,12-15,27,33H,8-11H2,1H3. The molecule has 4 aromatic rings. The second kappa shape index (κ2) is 9.18. The van der Waals surface area contributed by atoms with Crippen molar-refractivity contribution in [2.45, 2.75) is 13.0 Å². The number of rotatable bonds is 4. The molecule has 1 unspecified atom stereocenters. The number of nitriles is 1. The number of benzene rings is 2. The fourth-order valence-electron chi connectivity index (χ4n) is 4.49. The first-order valence-electron chi connectivity index (χ1n) is 11.1. The molecule has 0 saturated carbocycles. The van der Waals surface area contributed by atoms with Gasteiger partial charge in [0.25, 0.3) is 0 Å². The molecular formula is C27H23FN4O2. The maximum Gasteiger partial charge on any atom is 0.125 e. The Morgan fingerprint density at radius 2 is 1.94 bits per heavy atom. The van der Waals surface area contributed by atoms with Crippen LogP contribution in [0.2, 0.25) is 0 Å². The van der Waals surface area contributed by atoms with Crippen LogP contribution in [-0.4, -0.2) is 41.4 Å². The Hall–Kier alpha value is -3.86. The quantitative estimate of drug-likeness (QED) is 0.488. The molecule has 2 aromatic carbocycles. The van der Waals surface area contributed by atoms with Crippen molar-refractivity contribution in [2.24, 2.45) is 0 Å². The van der Waals surface area contributed by atoms with Crippen molar-refractivity contribution in [3.63, 3.8) is 0 Å². The summed E-state index contributed by atoms with van der Waals surface area (Å²) >= 11 is 0. The Bertz CT molecular complexity index is 1400. The molecule has 2 aromatic heterocycles. The van der Waals surface area contributed by atoms with Gasteiger partial charge in [-0.2, -0.15) is 5.26 Å². The second-order valence-electron chi connectivity index (χ2n) is 8.30. The molecule has 7 heteroatoms. The van der Waals surface area contributed by atoms with Crippen LogP contribution in [0.1, 0.15) is 28.4 Å². The van der Waals surface area contributed by atoms with Gasteiger partial charge in [-0.05, 0) is 66.1 Å². The van der Waals surface area contributed by atoms with Gasteiger partial charge in [0.05, 0.1) is 41.8 Å². The Kier molecular flexibility index (Phi) is 5.93. The van der Waals surface area contributed by atoms with Crippen molar-refractivity contribution in [3.8, 4) is 17.5 Å². The van der Waals surface area contributed by atoms with Gasteiger partial charge in [0.1, 0.15) is 11.9 Å². The summed E-state index contributed by atoms with van der Waals surface area (Å²) in [6.07, 6.45) is 0.624. The molecule has 0 amide bonds. The summed E-state index contributed by atoms with van der Waals surface area (Å²) in [5.41, 5.74) is 4.94. The molecule has 6 nitrogen and oxygen atoms in total. The first kappa shape index (κ1) is 22.0. The van der Waals surface area contributed by atoms with E-state index < -0.39 is 11.9 Å². The molecule has 1 saturated heterocycles. The summed E-state index contributed by atoms with van der Waals surface area (Å²) in [5, 5.41) is 22.0. The highest BCUT2D eigenvalue weighted by atomic mass is 19.1. The fraction of sp³-hybridized carbons (Fsp3) is 0.222. The van der Waals surface area contributed by atoms with Gasteiger partial charge in [-0.25, -0.2) is 9.37 Å². The van der Waals surface area contributed by atoms with E-state index in [9.17, 15) is 14.8 Å². The van der Waals surface area contributed by atoms with Crippen molar-refractivity contribution < 1.29 is 14.2 Å². The highest BCUT2D eigenvalue weighted by molar-refractivity contribution is 5.87. The third kappa shape index (κ3) is 4.10. The van der Waals surface area contributed by atoms with Gasteiger partial charge >= 0.3 is 0 Å². The number of aliphatic hydroxyl groups excluding tert-OH is 1. The molecule has 3 heterocycles. The number of aliphatic hydroxyl groups is 1. The highest BCUT2D eigenvalue weighted by Gasteiger charge is 2.23. The number of nitrogens with zero attached hydrogens (tertiary/aromatic N) is 4. The summed E-state index contributed by atoms with van der Waals surface area (Å²) < 4.78 is 19.6. The average molecular weight is 455 g/mol. The third-order valence-corrected chi connectivity index (χ3v) is 6.18. The molecule has 0 radical (unpaired) electrons. The van der Waals surface area contributed by atoms with E-state index in [-0.39, 0.29) is 0 Å². The first-order chi connectivity index (χ1) is 16.5. The lowest BCUT2D eigenvalue weighted by Gasteiger charge is -2.30. The van der Waals surface area contributed by atoms with Crippen LogP contribution in [0.15, 0.2) is 60.8 Å². The van der Waals surface area contributed by atoms with Gasteiger partial charge in [0.2, 0.25) is 0 Å². The van der Waals surface area contributed by atoms with Crippen LogP contribution in [0, 0.1) is 24.1 Å². The number of ether oxygens (including phenoxy) is 1. The lowest BCUT2D eigenvalue weighted by atomic mass is 9.91. The SMILES string of the molecule is Cc1c(-c2ccccn2)nc2cc(F)ccc2c1C(O)c1cc(C#N)cc(N2CCOCC2)c1. The molecule has 1 aliphatic rings. The normalized spacial score (nSPS) is 14.7. The van der Waals surface area contributed by atoms with E-state index in [1.165, 1.54) is 12.1 Å². The van der Waals surface area contributed by atoms with Crippen molar-refractivity contribution in [3.05, 3.63) is 88.9 Å². The number of anilines is 1. The minimum absolute atomic E-state index is 0.405. The zero-order chi connectivity index (χ0) is 23.7. The van der Waals surface area contributed by atoms with Crippen LogP contribution in [0.3, 0.4) is 0 Å². The average Bonchev–Trinajstić information content (AvgIpc) is 2.89. The van der Waals surface area contributed by atoms with Crippen LogP contribution in [0.4, 0.5) is 10.1 Å². The summed E-state index contributed by atoms with van der Waals surface area (Å²) in [6, 6.07) is 17.5. The van der Waals surface area contributed by atoms with Crippen molar-refractivity contribution in [1.82, 2.24) is 9.97 Å². The predicted octanol–water partition coefficient (Wildman–Crippen LogP) is 4.53. The predicted molar refractivity (Wildman–Crippen MR) is 128 cm³/mol. The van der Waals surface area contributed by atoms with E-state index in [1.54, 1.807) is 18.3 Å². The first-order valence-corrected chi connectivity index (χ1v) is 11.1. The van der Waals surface area contributed by atoms with Crippen LogP contribution >= 0.6 is 0 Å². The monoisotopic (exact) mass is 454 g/mol. The van der Waals surface area contributed by atoms with Gasteiger partial charge in [0, 0.05) is 36.4 Å². The van der Waals surface area contributed by atoms with E-state index in [0.29, 0.717) is 65.3 Å². The molecule has 0 spiro atoms. The summed E-state index contributed by atoms with van der Waals surface area (Å²) in [7, 11) is 0. The number of hydrogen-bond acceptors (Lipinski definition) is 6. The minimum Gasteiger partial charge on any atom is -0.384 e. The van der Waals surface area contributed by atoms with Gasteiger partial charge in [-0.3, -0.25) is 4.98 Å². The topological polar surface area (TPSA) is 82.3 Å². The van der Waals surface area contributed by atoms with Crippen molar-refractivity contribution in [2.75, 3.05) is 31.2 Å². The Balaban J connectivity index is 1.70. The van der Waals surface area contributed by atoms with Crippen LogP contribution in [-0.2, 0) is 4.74 Å². The molecule has 1 N–H and O–H groups in total. The maximum absolute atomic E-state index is 14.1. The van der Waals surface area contributed by atoms with E-state index in [0.717, 1.165) is 11.3 Å². The van der Waals surface area contributed by atoms with E-state index in [4.69, 9.17) is 4.74 Å². The highest BCUT2D eigenvalue weighted by Crippen LogP contribution is 2.37. The largest absolute Gasteiger partial charge is 0.384 e. The number of pyridine rings is 2. The van der Waals surface area contributed by atoms with E-state index in [1.807, 2.05) is 37.3 Å². The van der Waals surface area contributed by atoms with Crippen molar-refractivity contribution in [1.29, 1.82) is 5.26 Å². The van der Waals surface area contributed by atoms with Gasteiger partial charge in [-0.15, -0.1) is 0 Å². The second-order valence-corrected chi connectivity index (χ2v) is 8.30. The van der Waals surface area contributed by atoms with Crippen LogP contribution < -0.4 is 4.90 Å². The zero-order valence-electron chi connectivity index (χ0n) is 18.7. The number of morpholine rings is 1. The molecule has 1 atom stereocenters. The molecule has 0 aliphatic carbocycles. The number of halogens is 1. The zero-order valence-corrected chi connectivity index (χ0v) is 18.7. The lowest BCUT2D eigenvalue weighted by molar-refractivity contribution is 0.122. The van der Waals surface area contributed by atoms with Gasteiger partial charge < -0.3 is 14.7 Å². The molecule has 1 fully saturated rings. The minimum atomic E-state index is -1.05. The number of aromatic nitrogens is 2. The molecule has 0 bridgehead atoms. The van der Waals surface area contributed by atoms with Gasteiger partial charge in [-0.1, -0.05) is 6.07 Å². The maximum atomic E-state index is 14.1. The molecule has 34 heavy (non-hydrogen) atoms. The molecule has 1 aliphatic heterocycles. The Morgan fingerprint density at radius 1 is 1.12 bits per heavy atom. The van der Waals surface area contributed by atoms with E-state index in [2.05, 4.69) is 20.9 Å².